The first-order valence-corrected chi connectivity index (χ1v) is 7.11. The summed E-state index contributed by atoms with van der Waals surface area (Å²) in [5.41, 5.74) is 5.52. The molecule has 3 nitrogen and oxygen atoms in total. The van der Waals surface area contributed by atoms with Gasteiger partial charge in [0.05, 0.1) is 12.8 Å². The van der Waals surface area contributed by atoms with Gasteiger partial charge in [0, 0.05) is 17.8 Å². The third kappa shape index (κ3) is 2.87. The third-order valence-corrected chi connectivity index (χ3v) is 3.80. The summed E-state index contributed by atoms with van der Waals surface area (Å²) in [6, 6.07) is 12.3. The van der Waals surface area contributed by atoms with Crippen LogP contribution in [0.25, 0.3) is 16.8 Å². The van der Waals surface area contributed by atoms with Crippen molar-refractivity contribution in [3.05, 3.63) is 59.8 Å². The minimum atomic E-state index is -0.291. The second kappa shape index (κ2) is 5.92. The Morgan fingerprint density at radius 2 is 2.14 bits per heavy atom. The molecule has 0 aliphatic heterocycles. The molecular formula is C18H17NO2. The Kier molecular flexibility index (Phi) is 3.82. The van der Waals surface area contributed by atoms with Crippen molar-refractivity contribution in [2.45, 2.75) is 19.3 Å². The number of carbonyl (C=O) groups is 1. The Morgan fingerprint density at radius 1 is 1.24 bits per heavy atom. The highest BCUT2D eigenvalue weighted by atomic mass is 16.5. The van der Waals surface area contributed by atoms with E-state index >= 15 is 0 Å². The summed E-state index contributed by atoms with van der Waals surface area (Å²) in [5, 5.41) is 0. The summed E-state index contributed by atoms with van der Waals surface area (Å²) in [4.78, 5) is 15.9. The van der Waals surface area contributed by atoms with Gasteiger partial charge in [0.2, 0.25) is 0 Å². The van der Waals surface area contributed by atoms with Crippen LogP contribution in [0.2, 0.25) is 0 Å². The molecular weight excluding hydrogens is 262 g/mol. The van der Waals surface area contributed by atoms with Gasteiger partial charge >= 0.3 is 5.97 Å². The van der Waals surface area contributed by atoms with Crippen molar-refractivity contribution >= 4 is 11.5 Å². The molecule has 3 rings (SSSR count). The lowest BCUT2D eigenvalue weighted by Gasteiger charge is -2.19. The standard InChI is InChI=1S/C18H17NO2/c1-21-18(20)12-14-6-4-5-13-8-9-15(11-16(13)14)17-7-2-3-10-19-17/h2-3,7-12H,4-6H2,1H3/b14-12+. The van der Waals surface area contributed by atoms with Crippen LogP contribution in [0, 0.1) is 0 Å². The molecule has 0 atom stereocenters. The third-order valence-electron chi connectivity index (χ3n) is 3.80. The van der Waals surface area contributed by atoms with Gasteiger partial charge in [-0.25, -0.2) is 4.79 Å². The number of hydrogen-bond donors (Lipinski definition) is 0. The molecule has 0 saturated carbocycles. The van der Waals surface area contributed by atoms with Crippen LogP contribution < -0.4 is 0 Å². The van der Waals surface area contributed by atoms with Gasteiger partial charge in [-0.3, -0.25) is 4.98 Å². The number of esters is 1. The molecule has 3 heteroatoms. The predicted molar refractivity (Wildman–Crippen MR) is 82.6 cm³/mol. The van der Waals surface area contributed by atoms with Crippen molar-refractivity contribution in [2.75, 3.05) is 7.11 Å². The molecule has 1 aliphatic rings. The first kappa shape index (κ1) is 13.6. The Morgan fingerprint density at radius 3 is 2.90 bits per heavy atom. The smallest absolute Gasteiger partial charge is 0.330 e. The van der Waals surface area contributed by atoms with Crippen LogP contribution >= 0.6 is 0 Å². The molecule has 1 heterocycles. The number of aromatic nitrogens is 1. The van der Waals surface area contributed by atoms with Crippen LogP contribution in [0.3, 0.4) is 0 Å². The molecule has 1 aromatic heterocycles. The van der Waals surface area contributed by atoms with E-state index in [-0.39, 0.29) is 5.97 Å². The number of allylic oxidation sites excluding steroid dienone is 1. The molecule has 1 aliphatic carbocycles. The molecule has 2 aromatic rings. The summed E-state index contributed by atoms with van der Waals surface area (Å²) in [6.07, 6.45) is 6.43. The van der Waals surface area contributed by atoms with E-state index < -0.39 is 0 Å². The first-order valence-electron chi connectivity index (χ1n) is 7.11. The normalized spacial score (nSPS) is 15.6. The van der Waals surface area contributed by atoms with Crippen LogP contribution in [0.1, 0.15) is 24.0 Å². The summed E-state index contributed by atoms with van der Waals surface area (Å²) in [5.74, 6) is -0.291. The Balaban J connectivity index is 2.05. The summed E-state index contributed by atoms with van der Waals surface area (Å²) < 4.78 is 4.76. The average Bonchev–Trinajstić information content (AvgIpc) is 2.55. The number of carbonyl (C=O) groups excluding carboxylic acids is 1. The fourth-order valence-electron chi connectivity index (χ4n) is 2.74. The Labute approximate surface area is 124 Å². The number of rotatable bonds is 2. The van der Waals surface area contributed by atoms with E-state index in [0.29, 0.717) is 0 Å². The SMILES string of the molecule is COC(=O)/C=C1\CCCc2ccc(-c3ccccn3)cc21. The van der Waals surface area contributed by atoms with E-state index in [2.05, 4.69) is 23.2 Å². The van der Waals surface area contributed by atoms with Gasteiger partial charge in [-0.2, -0.15) is 0 Å². The maximum atomic E-state index is 11.5. The van der Waals surface area contributed by atoms with Crippen LogP contribution in [-0.2, 0) is 16.0 Å². The van der Waals surface area contributed by atoms with Gasteiger partial charge in [0.25, 0.3) is 0 Å². The first-order chi connectivity index (χ1) is 10.3. The van der Waals surface area contributed by atoms with Crippen LogP contribution in [0.4, 0.5) is 0 Å². The predicted octanol–water partition coefficient (Wildman–Crippen LogP) is 3.64. The molecule has 0 saturated heterocycles. The molecule has 0 radical (unpaired) electrons. The van der Waals surface area contributed by atoms with Crippen molar-refractivity contribution in [3.8, 4) is 11.3 Å². The maximum Gasteiger partial charge on any atom is 0.330 e. The Hall–Kier alpha value is -2.42. The van der Waals surface area contributed by atoms with Crippen molar-refractivity contribution in [2.24, 2.45) is 0 Å². The highest BCUT2D eigenvalue weighted by molar-refractivity contribution is 5.92. The summed E-state index contributed by atoms with van der Waals surface area (Å²) in [7, 11) is 1.41. The zero-order chi connectivity index (χ0) is 14.7. The number of benzene rings is 1. The number of fused-ring (bicyclic) bond motifs is 1. The van der Waals surface area contributed by atoms with Crippen molar-refractivity contribution in [1.82, 2.24) is 4.98 Å². The highest BCUT2D eigenvalue weighted by Gasteiger charge is 2.16. The lowest BCUT2D eigenvalue weighted by Crippen LogP contribution is -2.05. The highest BCUT2D eigenvalue weighted by Crippen LogP contribution is 2.33. The lowest BCUT2D eigenvalue weighted by molar-refractivity contribution is -0.134. The average molecular weight is 279 g/mol. The zero-order valence-corrected chi connectivity index (χ0v) is 12.0. The van der Waals surface area contributed by atoms with E-state index in [1.54, 1.807) is 12.3 Å². The summed E-state index contributed by atoms with van der Waals surface area (Å²) >= 11 is 0. The van der Waals surface area contributed by atoms with E-state index in [9.17, 15) is 4.79 Å². The van der Waals surface area contributed by atoms with E-state index in [0.717, 1.165) is 41.7 Å². The number of hydrogen-bond acceptors (Lipinski definition) is 3. The lowest BCUT2D eigenvalue weighted by atomic mass is 9.85. The molecule has 1 aromatic carbocycles. The molecule has 0 unspecified atom stereocenters. The van der Waals surface area contributed by atoms with Gasteiger partial charge in [-0.15, -0.1) is 0 Å². The van der Waals surface area contributed by atoms with Crippen molar-refractivity contribution in [1.29, 1.82) is 0 Å². The number of ether oxygens (including phenoxy) is 1. The monoisotopic (exact) mass is 279 g/mol. The van der Waals surface area contributed by atoms with Crippen LogP contribution in [0.5, 0.6) is 0 Å². The van der Waals surface area contributed by atoms with Crippen molar-refractivity contribution < 1.29 is 9.53 Å². The van der Waals surface area contributed by atoms with E-state index in [4.69, 9.17) is 4.74 Å². The summed E-state index contributed by atoms with van der Waals surface area (Å²) in [6.45, 7) is 0. The van der Waals surface area contributed by atoms with Gasteiger partial charge in [0.15, 0.2) is 0 Å². The van der Waals surface area contributed by atoms with Crippen LogP contribution in [-0.4, -0.2) is 18.1 Å². The minimum absolute atomic E-state index is 0.291. The number of methoxy groups -OCH3 is 1. The molecule has 0 spiro atoms. The van der Waals surface area contributed by atoms with E-state index in [1.165, 1.54) is 12.7 Å². The fraction of sp³-hybridized carbons (Fsp3) is 0.222. The molecule has 0 bridgehead atoms. The fourth-order valence-corrected chi connectivity index (χ4v) is 2.74. The van der Waals surface area contributed by atoms with Gasteiger partial charge < -0.3 is 4.74 Å². The number of nitrogens with zero attached hydrogens (tertiary/aromatic N) is 1. The molecule has 0 amide bonds. The zero-order valence-electron chi connectivity index (χ0n) is 12.0. The maximum absolute atomic E-state index is 11.5. The minimum Gasteiger partial charge on any atom is -0.466 e. The topological polar surface area (TPSA) is 39.2 Å². The van der Waals surface area contributed by atoms with Gasteiger partial charge in [-0.05, 0) is 54.2 Å². The molecule has 21 heavy (non-hydrogen) atoms. The van der Waals surface area contributed by atoms with Gasteiger partial charge in [-0.1, -0.05) is 18.2 Å². The van der Waals surface area contributed by atoms with Crippen LogP contribution in [0.15, 0.2) is 48.7 Å². The Bertz CT molecular complexity index is 690. The molecule has 0 N–H and O–H groups in total. The quantitative estimate of drug-likeness (QED) is 0.622. The second-order valence-corrected chi connectivity index (χ2v) is 5.13. The molecule has 106 valence electrons. The number of aryl methyl sites for hydroxylation is 1. The second-order valence-electron chi connectivity index (χ2n) is 5.13. The van der Waals surface area contributed by atoms with Crippen molar-refractivity contribution in [3.63, 3.8) is 0 Å². The van der Waals surface area contributed by atoms with E-state index in [1.807, 2.05) is 18.2 Å². The number of pyridine rings is 1. The van der Waals surface area contributed by atoms with Gasteiger partial charge in [0.1, 0.15) is 0 Å². The molecule has 0 fully saturated rings. The largest absolute Gasteiger partial charge is 0.466 e.